The van der Waals surface area contributed by atoms with Crippen LogP contribution in [-0.4, -0.2) is 50.4 Å². The summed E-state index contributed by atoms with van der Waals surface area (Å²) in [5.74, 6) is 0.931. The second kappa shape index (κ2) is 7.84. The Bertz CT molecular complexity index is 428. The van der Waals surface area contributed by atoms with Crippen molar-refractivity contribution in [2.75, 3.05) is 39.4 Å². The van der Waals surface area contributed by atoms with Crippen molar-refractivity contribution in [3.8, 4) is 5.75 Å². The Labute approximate surface area is 125 Å². The van der Waals surface area contributed by atoms with E-state index in [1.54, 1.807) is 0 Å². The highest BCUT2D eigenvalue weighted by Crippen LogP contribution is 2.24. The maximum Gasteiger partial charge on any atom is 0.122 e. The molecule has 4 nitrogen and oxygen atoms in total. The molecule has 0 amide bonds. The van der Waals surface area contributed by atoms with Gasteiger partial charge in [0.2, 0.25) is 0 Å². The quantitative estimate of drug-likeness (QED) is 0.872. The van der Waals surface area contributed by atoms with Gasteiger partial charge in [0, 0.05) is 31.2 Å². The molecule has 1 aromatic rings. The van der Waals surface area contributed by atoms with E-state index in [9.17, 15) is 0 Å². The van der Waals surface area contributed by atoms with E-state index in [-0.39, 0.29) is 6.10 Å². The third kappa shape index (κ3) is 4.35. The monoisotopic (exact) mass is 298 g/mol. The van der Waals surface area contributed by atoms with Gasteiger partial charge in [0.1, 0.15) is 5.75 Å². The summed E-state index contributed by atoms with van der Waals surface area (Å²) in [5, 5.41) is 0.755. The number of nitrogens with zero attached hydrogens (tertiary/aromatic N) is 1. The summed E-state index contributed by atoms with van der Waals surface area (Å²) in [4.78, 5) is 2.39. The van der Waals surface area contributed by atoms with Gasteiger partial charge >= 0.3 is 0 Å². The van der Waals surface area contributed by atoms with Crippen molar-refractivity contribution in [2.24, 2.45) is 5.73 Å². The highest BCUT2D eigenvalue weighted by Gasteiger charge is 2.19. The van der Waals surface area contributed by atoms with Crippen molar-refractivity contribution in [1.82, 2.24) is 4.90 Å². The predicted octanol–water partition coefficient (Wildman–Crippen LogP) is 1.94. The molecule has 2 N–H and O–H groups in total. The van der Waals surface area contributed by atoms with Crippen LogP contribution in [-0.2, 0) is 11.2 Å². The smallest absolute Gasteiger partial charge is 0.122 e. The lowest BCUT2D eigenvalue weighted by atomic mass is 10.1. The van der Waals surface area contributed by atoms with Crippen LogP contribution in [0.5, 0.6) is 5.75 Å². The van der Waals surface area contributed by atoms with E-state index in [0.717, 1.165) is 49.0 Å². The van der Waals surface area contributed by atoms with Gasteiger partial charge in [0.25, 0.3) is 0 Å². The summed E-state index contributed by atoms with van der Waals surface area (Å²) in [6.07, 6.45) is 1.09. The summed E-state index contributed by atoms with van der Waals surface area (Å²) in [6.45, 7) is 6.84. The standard InChI is InChI=1S/C15H23ClN2O2/c1-2-19-15-4-3-13(16)9-12(15)5-6-18-7-8-20-14(10-17)11-18/h3-4,9,14H,2,5-8,10-11,17H2,1H3/t14-/m0/s1. The van der Waals surface area contributed by atoms with Gasteiger partial charge in [0.05, 0.1) is 19.3 Å². The van der Waals surface area contributed by atoms with Crippen LogP contribution in [0.25, 0.3) is 0 Å². The molecule has 0 spiro atoms. The lowest BCUT2D eigenvalue weighted by Crippen LogP contribution is -2.46. The molecule has 0 bridgehead atoms. The molecule has 1 aliphatic heterocycles. The molecule has 20 heavy (non-hydrogen) atoms. The first-order valence-corrected chi connectivity index (χ1v) is 7.56. The lowest BCUT2D eigenvalue weighted by Gasteiger charge is -2.32. The van der Waals surface area contributed by atoms with Gasteiger partial charge in [0.15, 0.2) is 0 Å². The fraction of sp³-hybridized carbons (Fsp3) is 0.600. The first kappa shape index (κ1) is 15.6. The molecule has 1 fully saturated rings. The first-order chi connectivity index (χ1) is 9.72. The van der Waals surface area contributed by atoms with Crippen LogP contribution in [0.15, 0.2) is 18.2 Å². The van der Waals surface area contributed by atoms with E-state index in [0.29, 0.717) is 13.2 Å². The number of hydrogen-bond acceptors (Lipinski definition) is 4. The number of nitrogens with two attached hydrogens (primary N) is 1. The molecule has 1 saturated heterocycles. The second-order valence-electron chi connectivity index (χ2n) is 4.96. The average Bonchev–Trinajstić information content (AvgIpc) is 2.48. The van der Waals surface area contributed by atoms with Gasteiger partial charge in [-0.1, -0.05) is 11.6 Å². The van der Waals surface area contributed by atoms with E-state index >= 15 is 0 Å². The molecule has 5 heteroatoms. The van der Waals surface area contributed by atoms with Crippen LogP contribution in [0.3, 0.4) is 0 Å². The Kier molecular flexibility index (Phi) is 6.10. The highest BCUT2D eigenvalue weighted by molar-refractivity contribution is 6.30. The topological polar surface area (TPSA) is 47.7 Å². The number of benzene rings is 1. The van der Waals surface area contributed by atoms with Crippen LogP contribution >= 0.6 is 11.6 Å². The maximum absolute atomic E-state index is 6.08. The molecule has 1 heterocycles. The zero-order chi connectivity index (χ0) is 14.4. The van der Waals surface area contributed by atoms with Gasteiger partial charge in [-0.3, -0.25) is 4.90 Å². The molecule has 0 unspecified atom stereocenters. The molecule has 0 aromatic heterocycles. The fourth-order valence-electron chi connectivity index (χ4n) is 2.44. The zero-order valence-corrected chi connectivity index (χ0v) is 12.7. The Balaban J connectivity index is 1.94. The average molecular weight is 299 g/mol. The molecule has 0 radical (unpaired) electrons. The van der Waals surface area contributed by atoms with E-state index in [2.05, 4.69) is 4.90 Å². The van der Waals surface area contributed by atoms with Crippen molar-refractivity contribution >= 4 is 11.6 Å². The SMILES string of the molecule is CCOc1ccc(Cl)cc1CCN1CCO[C@@H](CN)C1. The minimum atomic E-state index is 0.162. The first-order valence-electron chi connectivity index (χ1n) is 7.18. The lowest BCUT2D eigenvalue weighted by molar-refractivity contribution is -0.0226. The minimum Gasteiger partial charge on any atom is -0.494 e. The van der Waals surface area contributed by atoms with Crippen LogP contribution in [0.4, 0.5) is 0 Å². The molecule has 1 aromatic carbocycles. The van der Waals surface area contributed by atoms with Gasteiger partial charge in [-0.15, -0.1) is 0 Å². The molecular weight excluding hydrogens is 276 g/mol. The fourth-order valence-corrected chi connectivity index (χ4v) is 2.64. The second-order valence-corrected chi connectivity index (χ2v) is 5.40. The Hall–Kier alpha value is -0.810. The summed E-state index contributed by atoms with van der Waals surface area (Å²) in [5.41, 5.74) is 6.83. The number of morpholine rings is 1. The van der Waals surface area contributed by atoms with E-state index in [4.69, 9.17) is 26.8 Å². The van der Waals surface area contributed by atoms with Gasteiger partial charge in [-0.25, -0.2) is 0 Å². The highest BCUT2D eigenvalue weighted by atomic mass is 35.5. The number of hydrogen-bond donors (Lipinski definition) is 1. The van der Waals surface area contributed by atoms with Gasteiger partial charge in [-0.05, 0) is 37.1 Å². The zero-order valence-electron chi connectivity index (χ0n) is 12.0. The Morgan fingerprint density at radius 3 is 3.10 bits per heavy atom. The van der Waals surface area contributed by atoms with Gasteiger partial charge < -0.3 is 15.2 Å². The summed E-state index contributed by atoms with van der Waals surface area (Å²) in [7, 11) is 0. The largest absolute Gasteiger partial charge is 0.494 e. The summed E-state index contributed by atoms with van der Waals surface area (Å²) < 4.78 is 11.2. The van der Waals surface area contributed by atoms with Crippen molar-refractivity contribution in [1.29, 1.82) is 0 Å². The summed E-state index contributed by atoms with van der Waals surface area (Å²) >= 11 is 6.08. The molecule has 1 atom stereocenters. The van der Waals surface area contributed by atoms with Gasteiger partial charge in [-0.2, -0.15) is 0 Å². The maximum atomic E-state index is 6.08. The molecule has 1 aliphatic rings. The molecule has 112 valence electrons. The number of rotatable bonds is 6. The third-order valence-electron chi connectivity index (χ3n) is 3.51. The van der Waals surface area contributed by atoms with Crippen LogP contribution in [0.2, 0.25) is 5.02 Å². The van der Waals surface area contributed by atoms with Crippen molar-refractivity contribution in [2.45, 2.75) is 19.4 Å². The third-order valence-corrected chi connectivity index (χ3v) is 3.74. The summed E-state index contributed by atoms with van der Waals surface area (Å²) in [6, 6.07) is 5.81. The van der Waals surface area contributed by atoms with Crippen molar-refractivity contribution < 1.29 is 9.47 Å². The number of ether oxygens (including phenoxy) is 2. The number of halogens is 1. The Morgan fingerprint density at radius 2 is 2.35 bits per heavy atom. The molecule has 0 aliphatic carbocycles. The van der Waals surface area contributed by atoms with E-state index in [1.165, 1.54) is 0 Å². The van der Waals surface area contributed by atoms with E-state index in [1.807, 2.05) is 25.1 Å². The van der Waals surface area contributed by atoms with Crippen molar-refractivity contribution in [3.63, 3.8) is 0 Å². The minimum absolute atomic E-state index is 0.162. The van der Waals surface area contributed by atoms with Crippen LogP contribution in [0.1, 0.15) is 12.5 Å². The molecular formula is C15H23ClN2O2. The Morgan fingerprint density at radius 1 is 1.50 bits per heavy atom. The van der Waals surface area contributed by atoms with E-state index < -0.39 is 0 Å². The normalized spacial score (nSPS) is 20.1. The van der Waals surface area contributed by atoms with Crippen molar-refractivity contribution in [3.05, 3.63) is 28.8 Å². The molecule has 0 saturated carbocycles. The predicted molar refractivity (Wildman–Crippen MR) is 81.6 cm³/mol. The van der Waals surface area contributed by atoms with Crippen LogP contribution in [0, 0.1) is 0 Å². The molecule has 2 rings (SSSR count). The van der Waals surface area contributed by atoms with Crippen LogP contribution < -0.4 is 10.5 Å².